The van der Waals surface area contributed by atoms with Gasteiger partial charge in [0.15, 0.2) is 0 Å². The predicted molar refractivity (Wildman–Crippen MR) is 114 cm³/mol. The summed E-state index contributed by atoms with van der Waals surface area (Å²) in [6.07, 6.45) is 1.10. The molecule has 0 unspecified atom stereocenters. The number of hydrogen-bond acceptors (Lipinski definition) is 3. The standard InChI is InChI=1S/C22H27BrN2S/c1-15(2)16-4-6-22-19(13-16)20(25-10-8-24(3)9-11-25)14-17-12-18(23)5-7-21(17)26-22/h4-7,12-13,15,20H,8-11,14H2,1-3H3/t20-/m1/s1. The van der Waals surface area contributed by atoms with E-state index in [1.54, 1.807) is 0 Å². The lowest BCUT2D eigenvalue weighted by atomic mass is 9.93. The average Bonchev–Trinajstić information content (AvgIpc) is 2.78. The summed E-state index contributed by atoms with van der Waals surface area (Å²) in [5.41, 5.74) is 4.45. The van der Waals surface area contributed by atoms with Gasteiger partial charge in [-0.15, -0.1) is 0 Å². The van der Waals surface area contributed by atoms with Crippen LogP contribution in [-0.4, -0.2) is 43.0 Å². The summed E-state index contributed by atoms with van der Waals surface area (Å²) in [5.74, 6) is 0.568. The van der Waals surface area contributed by atoms with E-state index in [0.717, 1.165) is 32.6 Å². The van der Waals surface area contributed by atoms with Gasteiger partial charge in [0.2, 0.25) is 0 Å². The van der Waals surface area contributed by atoms with E-state index >= 15 is 0 Å². The molecule has 2 nitrogen and oxygen atoms in total. The summed E-state index contributed by atoms with van der Waals surface area (Å²) in [4.78, 5) is 7.99. The lowest BCUT2D eigenvalue weighted by Crippen LogP contribution is -2.46. The van der Waals surface area contributed by atoms with E-state index in [1.165, 1.54) is 31.0 Å². The van der Waals surface area contributed by atoms with Gasteiger partial charge < -0.3 is 4.90 Å². The van der Waals surface area contributed by atoms with Crippen molar-refractivity contribution in [3.05, 3.63) is 57.6 Å². The monoisotopic (exact) mass is 430 g/mol. The van der Waals surface area contributed by atoms with E-state index in [-0.39, 0.29) is 0 Å². The molecule has 1 saturated heterocycles. The quantitative estimate of drug-likeness (QED) is 0.614. The Hall–Kier alpha value is -0.810. The second kappa shape index (κ2) is 7.67. The maximum absolute atomic E-state index is 3.68. The van der Waals surface area contributed by atoms with Crippen LogP contribution >= 0.6 is 27.7 Å². The number of rotatable bonds is 2. The lowest BCUT2D eigenvalue weighted by Gasteiger charge is -2.38. The van der Waals surface area contributed by atoms with Crippen LogP contribution in [0.4, 0.5) is 0 Å². The zero-order chi connectivity index (χ0) is 18.3. The smallest absolute Gasteiger partial charge is 0.0401 e. The van der Waals surface area contributed by atoms with Crippen molar-refractivity contribution in [2.24, 2.45) is 0 Å². The lowest BCUT2D eigenvalue weighted by molar-refractivity contribution is 0.110. The molecule has 0 aromatic heterocycles. The summed E-state index contributed by atoms with van der Waals surface area (Å²) < 4.78 is 1.18. The molecule has 0 amide bonds. The molecule has 0 radical (unpaired) electrons. The largest absolute Gasteiger partial charge is 0.304 e. The van der Waals surface area contributed by atoms with Gasteiger partial charge in [0.05, 0.1) is 0 Å². The van der Waals surface area contributed by atoms with Crippen LogP contribution in [-0.2, 0) is 6.42 Å². The third-order valence-corrected chi connectivity index (χ3v) is 7.40. The minimum Gasteiger partial charge on any atom is -0.304 e. The topological polar surface area (TPSA) is 6.48 Å². The molecule has 1 atom stereocenters. The van der Waals surface area contributed by atoms with Gasteiger partial charge in [-0.2, -0.15) is 0 Å². The fourth-order valence-corrected chi connectivity index (χ4v) is 5.49. The van der Waals surface area contributed by atoms with Crippen LogP contribution in [0.5, 0.6) is 0 Å². The fraction of sp³-hybridized carbons (Fsp3) is 0.455. The molecule has 138 valence electrons. The number of piperazine rings is 1. The Morgan fingerprint density at radius 3 is 2.46 bits per heavy atom. The first-order valence-electron chi connectivity index (χ1n) is 9.54. The Morgan fingerprint density at radius 2 is 1.73 bits per heavy atom. The van der Waals surface area contributed by atoms with Gasteiger partial charge in [-0.1, -0.05) is 53.7 Å². The molecule has 26 heavy (non-hydrogen) atoms. The average molecular weight is 431 g/mol. The fourth-order valence-electron chi connectivity index (χ4n) is 3.98. The predicted octanol–water partition coefficient (Wildman–Crippen LogP) is 5.57. The van der Waals surface area contributed by atoms with Crippen molar-refractivity contribution < 1.29 is 0 Å². The zero-order valence-corrected chi connectivity index (χ0v) is 18.2. The minimum atomic E-state index is 0.473. The molecular formula is C22H27BrN2S. The summed E-state index contributed by atoms with van der Waals surface area (Å²) in [6, 6.07) is 14.4. The Balaban J connectivity index is 1.78. The van der Waals surface area contributed by atoms with Crippen LogP contribution in [0.2, 0.25) is 0 Å². The second-order valence-corrected chi connectivity index (χ2v) is 9.86. The highest BCUT2D eigenvalue weighted by Gasteiger charge is 2.29. The maximum Gasteiger partial charge on any atom is 0.0401 e. The number of halogens is 1. The van der Waals surface area contributed by atoms with Crippen LogP contribution in [0.25, 0.3) is 0 Å². The van der Waals surface area contributed by atoms with Gasteiger partial charge in [-0.05, 0) is 60.3 Å². The number of hydrogen-bond donors (Lipinski definition) is 0. The van der Waals surface area contributed by atoms with Crippen molar-refractivity contribution >= 4 is 27.7 Å². The summed E-state index contributed by atoms with van der Waals surface area (Å²) in [6.45, 7) is 9.22. The number of benzene rings is 2. The number of fused-ring (bicyclic) bond motifs is 2. The minimum absolute atomic E-state index is 0.473. The second-order valence-electron chi connectivity index (χ2n) is 7.87. The summed E-state index contributed by atoms with van der Waals surface area (Å²) in [7, 11) is 2.23. The first kappa shape index (κ1) is 18.5. The van der Waals surface area contributed by atoms with Crippen molar-refractivity contribution in [2.75, 3.05) is 33.2 Å². The molecule has 0 bridgehead atoms. The van der Waals surface area contributed by atoms with Crippen LogP contribution in [0.1, 0.15) is 42.5 Å². The molecular weight excluding hydrogens is 404 g/mol. The molecule has 0 N–H and O–H groups in total. The van der Waals surface area contributed by atoms with E-state index in [4.69, 9.17) is 0 Å². The van der Waals surface area contributed by atoms with Crippen LogP contribution in [0.15, 0.2) is 50.7 Å². The molecule has 1 fully saturated rings. The van der Waals surface area contributed by atoms with Crippen molar-refractivity contribution in [2.45, 2.75) is 42.0 Å². The highest BCUT2D eigenvalue weighted by molar-refractivity contribution is 9.10. The maximum atomic E-state index is 3.68. The third-order valence-electron chi connectivity index (χ3n) is 5.69. The Morgan fingerprint density at radius 1 is 1.00 bits per heavy atom. The van der Waals surface area contributed by atoms with Crippen molar-refractivity contribution in [3.8, 4) is 0 Å². The third kappa shape index (κ3) is 3.75. The number of nitrogens with zero attached hydrogens (tertiary/aromatic N) is 2. The Labute approximate surface area is 170 Å². The summed E-state index contributed by atoms with van der Waals surface area (Å²) in [5, 5.41) is 0. The van der Waals surface area contributed by atoms with Crippen molar-refractivity contribution in [1.29, 1.82) is 0 Å². The van der Waals surface area contributed by atoms with Crippen molar-refractivity contribution in [1.82, 2.24) is 9.80 Å². The van der Waals surface area contributed by atoms with Crippen molar-refractivity contribution in [3.63, 3.8) is 0 Å². The molecule has 4 rings (SSSR count). The molecule has 0 spiro atoms. The highest BCUT2D eigenvalue weighted by atomic mass is 79.9. The van der Waals surface area contributed by atoms with Gasteiger partial charge >= 0.3 is 0 Å². The first-order chi connectivity index (χ1) is 12.5. The SMILES string of the molecule is CC(C)c1ccc2c(c1)[C@H](N1CCN(C)CC1)Cc1cc(Br)ccc1S2. The molecule has 2 aliphatic rings. The highest BCUT2D eigenvalue weighted by Crippen LogP contribution is 2.44. The van der Waals surface area contributed by atoms with E-state index in [9.17, 15) is 0 Å². The van der Waals surface area contributed by atoms with E-state index in [2.05, 4.69) is 83.0 Å². The molecule has 2 aromatic carbocycles. The Kier molecular flexibility index (Phi) is 5.47. The van der Waals surface area contributed by atoms with Gasteiger partial charge in [0, 0.05) is 46.5 Å². The molecule has 0 aliphatic carbocycles. The van der Waals surface area contributed by atoms with Crippen LogP contribution in [0.3, 0.4) is 0 Å². The van der Waals surface area contributed by atoms with E-state index < -0.39 is 0 Å². The Bertz CT molecular complexity index is 797. The van der Waals surface area contributed by atoms with Gasteiger partial charge in [0.25, 0.3) is 0 Å². The molecule has 2 heterocycles. The molecule has 4 heteroatoms. The normalized spacial score (nSPS) is 21.3. The van der Waals surface area contributed by atoms with Crippen LogP contribution in [0, 0.1) is 0 Å². The van der Waals surface area contributed by atoms with Gasteiger partial charge in [0.1, 0.15) is 0 Å². The first-order valence-corrected chi connectivity index (χ1v) is 11.1. The van der Waals surface area contributed by atoms with E-state index in [1.807, 2.05) is 11.8 Å². The molecule has 2 aromatic rings. The van der Waals surface area contributed by atoms with Gasteiger partial charge in [-0.3, -0.25) is 4.90 Å². The molecule has 2 aliphatic heterocycles. The van der Waals surface area contributed by atoms with E-state index in [0.29, 0.717) is 12.0 Å². The zero-order valence-electron chi connectivity index (χ0n) is 15.8. The number of likely N-dealkylation sites (N-methyl/N-ethyl adjacent to an activating group) is 1. The molecule has 0 saturated carbocycles. The van der Waals surface area contributed by atoms with Gasteiger partial charge in [-0.25, -0.2) is 0 Å². The summed E-state index contributed by atoms with van der Waals surface area (Å²) >= 11 is 5.62. The van der Waals surface area contributed by atoms with Crippen LogP contribution < -0.4 is 0 Å².